The molecule has 0 aromatic carbocycles. The minimum Gasteiger partial charge on any atom is -0.319 e. The van der Waals surface area contributed by atoms with Crippen LogP contribution in [-0.4, -0.2) is 13.6 Å². The van der Waals surface area contributed by atoms with E-state index in [-0.39, 0.29) is 0 Å². The molecule has 1 heteroatoms. The zero-order chi connectivity index (χ0) is 10.2. The third-order valence-electron chi connectivity index (χ3n) is 3.71. The molecular weight excluding hydrogens is 170 g/mol. The Labute approximate surface area is 89.7 Å². The summed E-state index contributed by atoms with van der Waals surface area (Å²) >= 11 is 0. The van der Waals surface area contributed by atoms with Crippen molar-refractivity contribution in [2.75, 3.05) is 13.6 Å². The average molecular weight is 197 g/mol. The van der Waals surface area contributed by atoms with Crippen LogP contribution in [0.4, 0.5) is 0 Å². The maximum absolute atomic E-state index is 3.34. The summed E-state index contributed by atoms with van der Waals surface area (Å²) in [6, 6.07) is 0. The Bertz CT molecular complexity index is 133. The first kappa shape index (κ1) is 12.0. The van der Waals surface area contributed by atoms with Gasteiger partial charge < -0.3 is 5.32 Å². The van der Waals surface area contributed by atoms with Gasteiger partial charge in [-0.3, -0.25) is 0 Å². The van der Waals surface area contributed by atoms with Crippen molar-refractivity contribution in [3.05, 3.63) is 0 Å². The van der Waals surface area contributed by atoms with Crippen LogP contribution in [0.5, 0.6) is 0 Å². The number of hydrogen-bond acceptors (Lipinski definition) is 1. The molecule has 0 heterocycles. The van der Waals surface area contributed by atoms with Crippen LogP contribution in [0.2, 0.25) is 0 Å². The molecule has 0 bridgehead atoms. The largest absolute Gasteiger partial charge is 0.319 e. The lowest BCUT2D eigenvalue weighted by Gasteiger charge is -2.18. The van der Waals surface area contributed by atoms with Gasteiger partial charge in [-0.1, -0.05) is 51.9 Å². The fourth-order valence-electron chi connectivity index (χ4n) is 2.86. The van der Waals surface area contributed by atoms with Crippen molar-refractivity contribution in [2.24, 2.45) is 11.8 Å². The minimum atomic E-state index is 0.988. The first-order valence-electron chi connectivity index (χ1n) is 6.53. The molecule has 2 unspecified atom stereocenters. The highest BCUT2D eigenvalue weighted by Gasteiger charge is 2.25. The Morgan fingerprint density at radius 1 is 1.07 bits per heavy atom. The van der Waals surface area contributed by atoms with Crippen LogP contribution in [0, 0.1) is 11.8 Å². The molecule has 0 aliphatic heterocycles. The topological polar surface area (TPSA) is 12.0 Å². The third-order valence-corrected chi connectivity index (χ3v) is 3.71. The molecule has 1 aliphatic rings. The highest BCUT2D eigenvalue weighted by molar-refractivity contribution is 4.78. The predicted octanol–water partition coefficient (Wildman–Crippen LogP) is 3.59. The van der Waals surface area contributed by atoms with Crippen LogP contribution in [0.1, 0.15) is 58.3 Å². The summed E-state index contributed by atoms with van der Waals surface area (Å²) in [5, 5.41) is 3.34. The molecule has 0 aromatic rings. The molecule has 14 heavy (non-hydrogen) atoms. The molecule has 0 saturated heterocycles. The third kappa shape index (κ3) is 4.00. The normalized spacial score (nSPS) is 27.0. The van der Waals surface area contributed by atoms with Crippen LogP contribution in [0.25, 0.3) is 0 Å². The van der Waals surface area contributed by atoms with E-state index in [1.807, 2.05) is 0 Å². The van der Waals surface area contributed by atoms with Crippen LogP contribution < -0.4 is 5.32 Å². The number of nitrogens with one attached hydrogen (secondary N) is 1. The van der Waals surface area contributed by atoms with Crippen LogP contribution in [0.3, 0.4) is 0 Å². The van der Waals surface area contributed by atoms with Crippen LogP contribution in [0.15, 0.2) is 0 Å². The van der Waals surface area contributed by atoms with E-state index in [0.717, 1.165) is 11.8 Å². The summed E-state index contributed by atoms with van der Waals surface area (Å²) in [6.07, 6.45) is 11.7. The molecule has 1 N–H and O–H groups in total. The summed E-state index contributed by atoms with van der Waals surface area (Å²) in [6.45, 7) is 3.54. The Balaban J connectivity index is 2.09. The first-order chi connectivity index (χ1) is 6.88. The molecule has 1 saturated carbocycles. The smallest absolute Gasteiger partial charge is 0.00209 e. The summed E-state index contributed by atoms with van der Waals surface area (Å²) in [5.74, 6) is 2.03. The molecule has 0 spiro atoms. The van der Waals surface area contributed by atoms with Crippen molar-refractivity contribution in [3.63, 3.8) is 0 Å². The summed E-state index contributed by atoms with van der Waals surface area (Å²) in [7, 11) is 2.09. The maximum atomic E-state index is 3.34. The lowest BCUT2D eigenvalue weighted by molar-refractivity contribution is 0.343. The van der Waals surface area contributed by atoms with E-state index in [2.05, 4.69) is 19.3 Å². The zero-order valence-electron chi connectivity index (χ0n) is 10.0. The van der Waals surface area contributed by atoms with E-state index in [1.54, 1.807) is 0 Å². The van der Waals surface area contributed by atoms with Gasteiger partial charge >= 0.3 is 0 Å². The standard InChI is InChI=1S/C13H27N/c1-3-4-5-6-8-12-9-7-10-13(12)11-14-2/h12-14H,3-11H2,1-2H3. The molecule has 0 aromatic heterocycles. The van der Waals surface area contributed by atoms with Gasteiger partial charge in [-0.25, -0.2) is 0 Å². The highest BCUT2D eigenvalue weighted by atomic mass is 14.8. The van der Waals surface area contributed by atoms with Crippen molar-refractivity contribution in [2.45, 2.75) is 58.3 Å². The van der Waals surface area contributed by atoms with Gasteiger partial charge in [0.1, 0.15) is 0 Å². The average Bonchev–Trinajstić information content (AvgIpc) is 2.61. The molecule has 0 radical (unpaired) electrons. The highest BCUT2D eigenvalue weighted by Crippen LogP contribution is 2.34. The molecule has 2 atom stereocenters. The van der Waals surface area contributed by atoms with Crippen LogP contribution >= 0.6 is 0 Å². The Kier molecular flexibility index (Phi) is 6.25. The summed E-state index contributed by atoms with van der Waals surface area (Å²) in [5.41, 5.74) is 0. The van der Waals surface area contributed by atoms with E-state index < -0.39 is 0 Å². The molecule has 1 nitrogen and oxygen atoms in total. The second kappa shape index (κ2) is 7.28. The van der Waals surface area contributed by atoms with E-state index in [4.69, 9.17) is 0 Å². The number of hydrogen-bond donors (Lipinski definition) is 1. The van der Waals surface area contributed by atoms with E-state index in [1.165, 1.54) is 57.9 Å². The Morgan fingerprint density at radius 3 is 2.57 bits per heavy atom. The molecule has 1 aliphatic carbocycles. The van der Waals surface area contributed by atoms with E-state index in [9.17, 15) is 0 Å². The van der Waals surface area contributed by atoms with Gasteiger partial charge in [-0.15, -0.1) is 0 Å². The number of unbranched alkanes of at least 4 members (excludes halogenated alkanes) is 3. The monoisotopic (exact) mass is 197 g/mol. The second-order valence-electron chi connectivity index (χ2n) is 4.86. The van der Waals surface area contributed by atoms with Gasteiger partial charge in [0, 0.05) is 0 Å². The lowest BCUT2D eigenvalue weighted by atomic mass is 9.90. The van der Waals surface area contributed by atoms with E-state index >= 15 is 0 Å². The van der Waals surface area contributed by atoms with Crippen molar-refractivity contribution in [3.8, 4) is 0 Å². The van der Waals surface area contributed by atoms with Crippen molar-refractivity contribution < 1.29 is 0 Å². The van der Waals surface area contributed by atoms with Gasteiger partial charge in [0.2, 0.25) is 0 Å². The SMILES string of the molecule is CCCCCCC1CCCC1CNC. The molecule has 84 valence electrons. The van der Waals surface area contributed by atoms with Gasteiger partial charge in [0.25, 0.3) is 0 Å². The van der Waals surface area contributed by atoms with Crippen LogP contribution in [-0.2, 0) is 0 Å². The molecule has 0 amide bonds. The quantitative estimate of drug-likeness (QED) is 0.615. The van der Waals surface area contributed by atoms with Crippen molar-refractivity contribution >= 4 is 0 Å². The van der Waals surface area contributed by atoms with Crippen molar-refractivity contribution in [1.82, 2.24) is 5.32 Å². The zero-order valence-corrected chi connectivity index (χ0v) is 10.0. The maximum Gasteiger partial charge on any atom is -0.00209 e. The van der Waals surface area contributed by atoms with Gasteiger partial charge in [-0.05, 0) is 31.8 Å². The Morgan fingerprint density at radius 2 is 1.86 bits per heavy atom. The van der Waals surface area contributed by atoms with Gasteiger partial charge in [0.15, 0.2) is 0 Å². The molecule has 1 rings (SSSR count). The number of rotatable bonds is 7. The molecule has 1 fully saturated rings. The van der Waals surface area contributed by atoms with Gasteiger partial charge in [-0.2, -0.15) is 0 Å². The lowest BCUT2D eigenvalue weighted by Crippen LogP contribution is -2.21. The summed E-state index contributed by atoms with van der Waals surface area (Å²) in [4.78, 5) is 0. The molecular formula is C13H27N. The second-order valence-corrected chi connectivity index (χ2v) is 4.86. The Hall–Kier alpha value is -0.0400. The van der Waals surface area contributed by atoms with E-state index in [0.29, 0.717) is 0 Å². The predicted molar refractivity (Wildman–Crippen MR) is 63.5 cm³/mol. The first-order valence-corrected chi connectivity index (χ1v) is 6.53. The minimum absolute atomic E-state index is 0.988. The fraction of sp³-hybridized carbons (Fsp3) is 1.00. The summed E-state index contributed by atoms with van der Waals surface area (Å²) < 4.78 is 0. The fourth-order valence-corrected chi connectivity index (χ4v) is 2.86. The van der Waals surface area contributed by atoms with Gasteiger partial charge in [0.05, 0.1) is 0 Å². The van der Waals surface area contributed by atoms with Crippen molar-refractivity contribution in [1.29, 1.82) is 0 Å².